The molecule has 7 heteroatoms. The second-order valence-corrected chi connectivity index (χ2v) is 4.14. The average molecular weight is 294 g/mol. The highest BCUT2D eigenvalue weighted by molar-refractivity contribution is 5.91. The van der Waals surface area contributed by atoms with Crippen LogP contribution in [0.15, 0.2) is 42.5 Å². The molecule has 0 aliphatic carbocycles. The first kappa shape index (κ1) is 14.6. The summed E-state index contributed by atoms with van der Waals surface area (Å²) >= 11 is 0. The van der Waals surface area contributed by atoms with E-state index in [2.05, 4.69) is 10.1 Å². The van der Waals surface area contributed by atoms with Crippen molar-refractivity contribution in [1.82, 2.24) is 0 Å². The van der Waals surface area contributed by atoms with Gasteiger partial charge in [0.05, 0.1) is 16.9 Å². The number of aromatic carboxylic acids is 1. The van der Waals surface area contributed by atoms with Crippen molar-refractivity contribution in [2.24, 2.45) is 0 Å². The Bertz CT molecular complexity index is 645. The Hall–Kier alpha value is -2.83. The van der Waals surface area contributed by atoms with E-state index in [1.54, 1.807) is 0 Å². The fourth-order valence-electron chi connectivity index (χ4n) is 1.67. The third kappa shape index (κ3) is 3.82. The Kier molecular flexibility index (Phi) is 4.22. The monoisotopic (exact) mass is 294 g/mol. The number of hydrogen-bond donors (Lipinski definition) is 3. The van der Waals surface area contributed by atoms with Gasteiger partial charge in [-0.2, -0.15) is 8.78 Å². The maximum atomic E-state index is 12.0. The summed E-state index contributed by atoms with van der Waals surface area (Å²) in [6.45, 7) is -2.88. The summed E-state index contributed by atoms with van der Waals surface area (Å²) in [5, 5.41) is 11.8. The van der Waals surface area contributed by atoms with Gasteiger partial charge in [-0.1, -0.05) is 0 Å². The van der Waals surface area contributed by atoms with E-state index >= 15 is 0 Å². The number of nitrogen functional groups attached to an aromatic ring is 1. The van der Waals surface area contributed by atoms with Gasteiger partial charge in [0.15, 0.2) is 0 Å². The highest BCUT2D eigenvalue weighted by Crippen LogP contribution is 2.26. The lowest BCUT2D eigenvalue weighted by atomic mass is 10.1. The molecule has 0 aliphatic rings. The number of carbonyl (C=O) groups is 1. The molecule has 0 aliphatic heterocycles. The van der Waals surface area contributed by atoms with Crippen molar-refractivity contribution in [2.75, 3.05) is 11.1 Å². The molecule has 2 aromatic carbocycles. The van der Waals surface area contributed by atoms with E-state index in [1.165, 1.54) is 42.5 Å². The van der Waals surface area contributed by atoms with E-state index in [4.69, 9.17) is 10.8 Å². The first-order valence-electron chi connectivity index (χ1n) is 5.90. The number of nitrogens with two attached hydrogens (primary N) is 1. The molecular formula is C14H12F2N2O3. The number of carboxylic acid groups (broad SMARTS) is 1. The van der Waals surface area contributed by atoms with Crippen molar-refractivity contribution in [3.8, 4) is 5.75 Å². The van der Waals surface area contributed by atoms with Crippen LogP contribution in [0.1, 0.15) is 10.4 Å². The van der Waals surface area contributed by atoms with Gasteiger partial charge in [0.25, 0.3) is 0 Å². The van der Waals surface area contributed by atoms with E-state index in [0.29, 0.717) is 17.1 Å². The number of carboxylic acids is 1. The van der Waals surface area contributed by atoms with Crippen LogP contribution >= 0.6 is 0 Å². The molecule has 0 atom stereocenters. The Morgan fingerprint density at radius 1 is 1.19 bits per heavy atom. The first-order chi connectivity index (χ1) is 9.95. The molecule has 0 bridgehead atoms. The van der Waals surface area contributed by atoms with Gasteiger partial charge >= 0.3 is 12.6 Å². The Morgan fingerprint density at radius 3 is 2.43 bits per heavy atom. The van der Waals surface area contributed by atoms with Crippen LogP contribution in [-0.2, 0) is 0 Å². The van der Waals surface area contributed by atoms with Gasteiger partial charge in [0, 0.05) is 5.69 Å². The van der Waals surface area contributed by atoms with E-state index in [0.717, 1.165) is 0 Å². The molecule has 2 rings (SSSR count). The van der Waals surface area contributed by atoms with Crippen LogP contribution in [0.5, 0.6) is 5.75 Å². The van der Waals surface area contributed by atoms with Crippen LogP contribution in [0.25, 0.3) is 0 Å². The van der Waals surface area contributed by atoms with Crippen LogP contribution in [0.2, 0.25) is 0 Å². The van der Waals surface area contributed by atoms with Gasteiger partial charge in [0.2, 0.25) is 0 Å². The molecule has 0 fully saturated rings. The van der Waals surface area contributed by atoms with Crippen molar-refractivity contribution in [2.45, 2.75) is 6.61 Å². The van der Waals surface area contributed by atoms with Gasteiger partial charge < -0.3 is 20.9 Å². The topological polar surface area (TPSA) is 84.6 Å². The standard InChI is InChI=1S/C14H12F2N2O3/c15-14(16)21-10-4-2-9(3-5-10)18-12-7-8(13(19)20)1-6-11(12)17/h1-7,14,18H,17H2,(H,19,20). The zero-order valence-corrected chi connectivity index (χ0v) is 10.7. The van der Waals surface area contributed by atoms with Crippen LogP contribution < -0.4 is 15.8 Å². The van der Waals surface area contributed by atoms with E-state index in [9.17, 15) is 13.6 Å². The van der Waals surface area contributed by atoms with Crippen LogP contribution in [0.3, 0.4) is 0 Å². The lowest BCUT2D eigenvalue weighted by Gasteiger charge is -2.11. The third-order valence-electron chi connectivity index (χ3n) is 2.66. The molecule has 5 nitrogen and oxygen atoms in total. The smallest absolute Gasteiger partial charge is 0.387 e. The molecular weight excluding hydrogens is 282 g/mol. The molecule has 2 aromatic rings. The predicted molar refractivity (Wildman–Crippen MR) is 74.2 cm³/mol. The number of alkyl halides is 2. The zero-order chi connectivity index (χ0) is 15.4. The fraction of sp³-hybridized carbons (Fsp3) is 0.0714. The predicted octanol–water partition coefficient (Wildman–Crippen LogP) is 3.31. The number of hydrogen-bond acceptors (Lipinski definition) is 4. The number of nitrogens with one attached hydrogen (secondary N) is 1. The second kappa shape index (κ2) is 6.08. The van der Waals surface area contributed by atoms with Crippen molar-refractivity contribution < 1.29 is 23.4 Å². The zero-order valence-electron chi connectivity index (χ0n) is 10.7. The normalized spacial score (nSPS) is 10.4. The van der Waals surface area contributed by atoms with Crippen LogP contribution in [-0.4, -0.2) is 17.7 Å². The third-order valence-corrected chi connectivity index (χ3v) is 2.66. The fourth-order valence-corrected chi connectivity index (χ4v) is 1.67. The quantitative estimate of drug-likeness (QED) is 0.737. The minimum absolute atomic E-state index is 0.0304. The summed E-state index contributed by atoms with van der Waals surface area (Å²) in [4.78, 5) is 10.9. The number of benzene rings is 2. The highest BCUT2D eigenvalue weighted by atomic mass is 19.3. The number of rotatable bonds is 5. The molecule has 0 heterocycles. The maximum absolute atomic E-state index is 12.0. The molecule has 0 saturated heterocycles. The SMILES string of the molecule is Nc1ccc(C(=O)O)cc1Nc1ccc(OC(F)F)cc1. The summed E-state index contributed by atoms with van der Waals surface area (Å²) in [7, 11) is 0. The molecule has 110 valence electrons. The molecule has 0 unspecified atom stereocenters. The summed E-state index contributed by atoms with van der Waals surface area (Å²) in [5.41, 5.74) is 7.18. The van der Waals surface area contributed by atoms with Crippen LogP contribution in [0.4, 0.5) is 25.8 Å². The molecule has 0 saturated carbocycles. The first-order valence-corrected chi connectivity index (χ1v) is 5.90. The summed E-state index contributed by atoms with van der Waals surface area (Å²) in [5.74, 6) is -1.04. The molecule has 4 N–H and O–H groups in total. The molecule has 21 heavy (non-hydrogen) atoms. The molecule has 0 aromatic heterocycles. The van der Waals surface area contributed by atoms with E-state index in [1.807, 2.05) is 0 Å². The lowest BCUT2D eigenvalue weighted by Crippen LogP contribution is -2.03. The van der Waals surface area contributed by atoms with Crippen molar-refractivity contribution >= 4 is 23.0 Å². The van der Waals surface area contributed by atoms with E-state index in [-0.39, 0.29) is 11.3 Å². The van der Waals surface area contributed by atoms with Crippen molar-refractivity contribution in [3.63, 3.8) is 0 Å². The lowest BCUT2D eigenvalue weighted by molar-refractivity contribution is -0.0498. The average Bonchev–Trinajstić information content (AvgIpc) is 2.42. The second-order valence-electron chi connectivity index (χ2n) is 4.14. The van der Waals surface area contributed by atoms with Crippen molar-refractivity contribution in [1.29, 1.82) is 0 Å². The largest absolute Gasteiger partial charge is 0.478 e. The molecule has 0 radical (unpaired) electrons. The number of anilines is 3. The van der Waals surface area contributed by atoms with Gasteiger partial charge in [0.1, 0.15) is 5.75 Å². The Morgan fingerprint density at radius 2 is 1.86 bits per heavy atom. The molecule has 0 amide bonds. The summed E-state index contributed by atoms with van der Waals surface area (Å²) in [6.07, 6.45) is 0. The minimum atomic E-state index is -2.88. The van der Waals surface area contributed by atoms with Crippen molar-refractivity contribution in [3.05, 3.63) is 48.0 Å². The van der Waals surface area contributed by atoms with Gasteiger partial charge in [-0.05, 0) is 42.5 Å². The summed E-state index contributed by atoms with van der Waals surface area (Å²) in [6, 6.07) is 10.0. The Balaban J connectivity index is 2.18. The Labute approximate surface area is 119 Å². The van der Waals surface area contributed by atoms with Gasteiger partial charge in [-0.3, -0.25) is 0 Å². The van der Waals surface area contributed by atoms with E-state index < -0.39 is 12.6 Å². The summed E-state index contributed by atoms with van der Waals surface area (Å²) < 4.78 is 28.3. The molecule has 0 spiro atoms. The van der Waals surface area contributed by atoms with Crippen LogP contribution in [0, 0.1) is 0 Å². The van der Waals surface area contributed by atoms with Gasteiger partial charge in [-0.15, -0.1) is 0 Å². The number of ether oxygens (including phenoxy) is 1. The number of halogens is 2. The minimum Gasteiger partial charge on any atom is -0.478 e. The maximum Gasteiger partial charge on any atom is 0.387 e. The van der Waals surface area contributed by atoms with Gasteiger partial charge in [-0.25, -0.2) is 4.79 Å². The highest BCUT2D eigenvalue weighted by Gasteiger charge is 2.08.